The molecule has 3 aromatic rings. The third-order valence-corrected chi connectivity index (χ3v) is 5.09. The van der Waals surface area contributed by atoms with Gasteiger partial charge in [-0.2, -0.15) is 0 Å². The average molecular weight is 397 g/mol. The van der Waals surface area contributed by atoms with Crippen LogP contribution in [0.2, 0.25) is 0 Å². The lowest BCUT2D eigenvalue weighted by Crippen LogP contribution is -2.48. The Balaban J connectivity index is 0.00000225. The number of pyridine rings is 1. The highest BCUT2D eigenvalue weighted by atomic mass is 35.5. The van der Waals surface area contributed by atoms with E-state index in [0.717, 1.165) is 32.7 Å². The van der Waals surface area contributed by atoms with Gasteiger partial charge in [-0.05, 0) is 23.6 Å². The zero-order chi connectivity index (χ0) is 18.5. The molecule has 0 radical (unpaired) electrons. The van der Waals surface area contributed by atoms with E-state index in [4.69, 9.17) is 0 Å². The standard InChI is InChI=1S/C22H24N4O.ClH/c27-22(20-9-3-4-11-23-20)24-12-13-25-14-16-26(17-15-25)21-10-5-7-18-6-1-2-8-19(18)21;/h1-11H,12-17H2,(H,24,27);1H. The third kappa shape index (κ3) is 4.61. The first-order valence-electron chi connectivity index (χ1n) is 9.45. The van der Waals surface area contributed by atoms with E-state index in [2.05, 4.69) is 62.6 Å². The molecule has 1 amide bonds. The van der Waals surface area contributed by atoms with Crippen LogP contribution < -0.4 is 10.2 Å². The molecule has 1 fully saturated rings. The smallest absolute Gasteiger partial charge is 0.269 e. The predicted octanol–water partition coefficient (Wildman–Crippen LogP) is 3.21. The van der Waals surface area contributed by atoms with Gasteiger partial charge in [0.05, 0.1) is 0 Å². The van der Waals surface area contributed by atoms with Gasteiger partial charge < -0.3 is 10.2 Å². The summed E-state index contributed by atoms with van der Waals surface area (Å²) in [7, 11) is 0. The summed E-state index contributed by atoms with van der Waals surface area (Å²) in [6.07, 6.45) is 1.64. The van der Waals surface area contributed by atoms with Crippen molar-refractivity contribution >= 4 is 34.8 Å². The Morgan fingerprint density at radius 3 is 2.46 bits per heavy atom. The molecule has 0 spiro atoms. The zero-order valence-electron chi connectivity index (χ0n) is 15.8. The largest absolute Gasteiger partial charge is 0.368 e. The zero-order valence-corrected chi connectivity index (χ0v) is 16.6. The van der Waals surface area contributed by atoms with Crippen molar-refractivity contribution in [3.05, 3.63) is 72.6 Å². The summed E-state index contributed by atoms with van der Waals surface area (Å²) in [4.78, 5) is 21.0. The summed E-state index contributed by atoms with van der Waals surface area (Å²) in [5, 5.41) is 5.56. The minimum atomic E-state index is -0.106. The van der Waals surface area contributed by atoms with Crippen LogP contribution >= 0.6 is 12.4 Å². The van der Waals surface area contributed by atoms with E-state index in [1.165, 1.54) is 16.5 Å². The van der Waals surface area contributed by atoms with Gasteiger partial charge >= 0.3 is 0 Å². The highest BCUT2D eigenvalue weighted by molar-refractivity contribution is 5.94. The Bertz CT molecular complexity index is 905. The molecule has 1 N–H and O–H groups in total. The molecule has 28 heavy (non-hydrogen) atoms. The quantitative estimate of drug-likeness (QED) is 0.719. The number of carbonyl (C=O) groups excluding carboxylic acids is 1. The Hall–Kier alpha value is -2.63. The maximum atomic E-state index is 12.0. The van der Waals surface area contributed by atoms with Crippen LogP contribution in [-0.2, 0) is 0 Å². The molecule has 1 aromatic heterocycles. The number of anilines is 1. The van der Waals surface area contributed by atoms with Crippen LogP contribution in [-0.4, -0.2) is 55.1 Å². The second-order valence-corrected chi connectivity index (χ2v) is 6.80. The minimum absolute atomic E-state index is 0. The van der Waals surface area contributed by atoms with Crippen molar-refractivity contribution in [2.45, 2.75) is 0 Å². The van der Waals surface area contributed by atoms with Crippen molar-refractivity contribution < 1.29 is 4.79 Å². The van der Waals surface area contributed by atoms with Crippen LogP contribution in [0, 0.1) is 0 Å². The van der Waals surface area contributed by atoms with E-state index in [9.17, 15) is 4.79 Å². The molecule has 1 aliphatic rings. The number of piperazine rings is 1. The molecular formula is C22H25ClN4O. The Labute approximate surface area is 171 Å². The molecule has 1 aliphatic heterocycles. The van der Waals surface area contributed by atoms with Crippen molar-refractivity contribution in [1.82, 2.24) is 15.2 Å². The number of hydrogen-bond donors (Lipinski definition) is 1. The fourth-order valence-corrected chi connectivity index (χ4v) is 3.61. The predicted molar refractivity (Wildman–Crippen MR) is 116 cm³/mol. The number of carbonyl (C=O) groups is 1. The van der Waals surface area contributed by atoms with E-state index < -0.39 is 0 Å². The number of halogens is 1. The van der Waals surface area contributed by atoms with Gasteiger partial charge in [0.1, 0.15) is 5.69 Å². The number of amides is 1. The maximum absolute atomic E-state index is 12.0. The van der Waals surface area contributed by atoms with Crippen LogP contribution in [0.3, 0.4) is 0 Å². The van der Waals surface area contributed by atoms with E-state index in [-0.39, 0.29) is 18.3 Å². The van der Waals surface area contributed by atoms with E-state index >= 15 is 0 Å². The first kappa shape index (κ1) is 20.1. The number of fused-ring (bicyclic) bond motifs is 1. The van der Waals surface area contributed by atoms with E-state index in [1.807, 2.05) is 12.1 Å². The van der Waals surface area contributed by atoms with Crippen LogP contribution in [0.5, 0.6) is 0 Å². The lowest BCUT2D eigenvalue weighted by molar-refractivity contribution is 0.0943. The van der Waals surface area contributed by atoms with Crippen molar-refractivity contribution in [3.8, 4) is 0 Å². The number of hydrogen-bond acceptors (Lipinski definition) is 4. The van der Waals surface area contributed by atoms with Crippen molar-refractivity contribution in [3.63, 3.8) is 0 Å². The molecular weight excluding hydrogens is 372 g/mol. The maximum Gasteiger partial charge on any atom is 0.269 e. The molecule has 0 bridgehead atoms. The third-order valence-electron chi connectivity index (χ3n) is 5.09. The molecule has 0 unspecified atom stereocenters. The lowest BCUT2D eigenvalue weighted by atomic mass is 10.1. The molecule has 0 aliphatic carbocycles. The molecule has 2 aromatic carbocycles. The summed E-state index contributed by atoms with van der Waals surface area (Å²) in [5.41, 5.74) is 1.79. The van der Waals surface area contributed by atoms with Gasteiger partial charge in [-0.25, -0.2) is 0 Å². The summed E-state index contributed by atoms with van der Waals surface area (Å²) >= 11 is 0. The first-order chi connectivity index (χ1) is 13.3. The van der Waals surface area contributed by atoms with E-state index in [0.29, 0.717) is 12.2 Å². The van der Waals surface area contributed by atoms with E-state index in [1.54, 1.807) is 12.3 Å². The highest BCUT2D eigenvalue weighted by Gasteiger charge is 2.18. The van der Waals surface area contributed by atoms with Gasteiger partial charge in [-0.3, -0.25) is 14.7 Å². The van der Waals surface area contributed by atoms with Gasteiger partial charge in [-0.15, -0.1) is 12.4 Å². The minimum Gasteiger partial charge on any atom is -0.368 e. The molecule has 1 saturated heterocycles. The highest BCUT2D eigenvalue weighted by Crippen LogP contribution is 2.27. The summed E-state index contributed by atoms with van der Waals surface area (Å²) in [6, 6.07) is 20.4. The SMILES string of the molecule is Cl.O=C(NCCN1CCN(c2cccc3ccccc23)CC1)c1ccccn1. The van der Waals surface area contributed by atoms with Crippen molar-refractivity contribution in [2.24, 2.45) is 0 Å². The molecule has 146 valence electrons. The Morgan fingerprint density at radius 1 is 0.929 bits per heavy atom. The summed E-state index contributed by atoms with van der Waals surface area (Å²) in [5.74, 6) is -0.106. The second-order valence-electron chi connectivity index (χ2n) is 6.80. The van der Waals surface area contributed by atoms with Gasteiger partial charge in [0.2, 0.25) is 0 Å². The molecule has 5 nitrogen and oxygen atoms in total. The van der Waals surface area contributed by atoms with Crippen LogP contribution in [0.25, 0.3) is 10.8 Å². The normalized spacial score (nSPS) is 14.5. The number of rotatable bonds is 5. The molecule has 2 heterocycles. The molecule has 4 rings (SSSR count). The van der Waals surface area contributed by atoms with Gasteiger partial charge in [0.15, 0.2) is 0 Å². The molecule has 6 heteroatoms. The fourth-order valence-electron chi connectivity index (χ4n) is 3.61. The number of nitrogens with one attached hydrogen (secondary N) is 1. The lowest BCUT2D eigenvalue weighted by Gasteiger charge is -2.36. The van der Waals surface area contributed by atoms with Crippen molar-refractivity contribution in [1.29, 1.82) is 0 Å². The monoisotopic (exact) mass is 396 g/mol. The molecule has 0 saturated carbocycles. The Kier molecular flexibility index (Phi) is 6.85. The fraction of sp³-hybridized carbons (Fsp3) is 0.273. The van der Waals surface area contributed by atoms with Crippen LogP contribution in [0.15, 0.2) is 66.9 Å². The number of nitrogens with zero attached hydrogens (tertiary/aromatic N) is 3. The van der Waals surface area contributed by atoms with Gasteiger partial charge in [0.25, 0.3) is 5.91 Å². The van der Waals surface area contributed by atoms with Gasteiger partial charge in [0, 0.05) is 56.5 Å². The number of benzene rings is 2. The average Bonchev–Trinajstić information content (AvgIpc) is 2.74. The van der Waals surface area contributed by atoms with Crippen LogP contribution in [0.1, 0.15) is 10.5 Å². The summed E-state index contributed by atoms with van der Waals surface area (Å²) < 4.78 is 0. The Morgan fingerprint density at radius 2 is 1.68 bits per heavy atom. The number of aromatic nitrogens is 1. The topological polar surface area (TPSA) is 48.5 Å². The van der Waals surface area contributed by atoms with Crippen LogP contribution in [0.4, 0.5) is 5.69 Å². The summed E-state index contributed by atoms with van der Waals surface area (Å²) in [6.45, 7) is 5.52. The van der Waals surface area contributed by atoms with Crippen molar-refractivity contribution in [2.75, 3.05) is 44.2 Å². The second kappa shape index (κ2) is 9.53. The molecule has 0 atom stereocenters. The first-order valence-corrected chi connectivity index (χ1v) is 9.45. The van der Waals surface area contributed by atoms with Gasteiger partial charge in [-0.1, -0.05) is 42.5 Å².